The van der Waals surface area contributed by atoms with Gasteiger partial charge < -0.3 is 29.5 Å². The van der Waals surface area contributed by atoms with Crippen LogP contribution in [0.2, 0.25) is 0 Å². The Balaban J connectivity index is 1.16. The van der Waals surface area contributed by atoms with Gasteiger partial charge in [0.2, 0.25) is 0 Å². The molecule has 1 saturated carbocycles. The minimum atomic E-state index is -1.27. The number of fused-ring (bicyclic) bond motifs is 1. The molecule has 1 saturated heterocycles. The molecule has 2 aromatic heterocycles. The number of anilines is 3. The zero-order valence-corrected chi connectivity index (χ0v) is 25.5. The predicted octanol–water partition coefficient (Wildman–Crippen LogP) is 4.32. The molecule has 0 unspecified atom stereocenters. The number of benzene rings is 2. The largest absolute Gasteiger partial charge is 0.392 e. The molecule has 11 heteroatoms. The van der Waals surface area contributed by atoms with Gasteiger partial charge in [0.05, 0.1) is 31.1 Å². The third kappa shape index (κ3) is 5.45. The third-order valence-corrected chi connectivity index (χ3v) is 9.06. The monoisotopic (exact) mass is 623 g/mol. The number of nitrogens with zero attached hydrogens (tertiary/aromatic N) is 4. The number of halogens is 1. The summed E-state index contributed by atoms with van der Waals surface area (Å²) < 4.78 is 21.5. The molecule has 2 fully saturated rings. The van der Waals surface area contributed by atoms with Crippen LogP contribution in [0.25, 0.3) is 11.1 Å². The number of hydrogen-bond acceptors (Lipinski definition) is 7. The van der Waals surface area contributed by atoms with Crippen molar-refractivity contribution in [2.75, 3.05) is 43.1 Å². The Morgan fingerprint density at radius 3 is 2.57 bits per heavy atom. The summed E-state index contributed by atoms with van der Waals surface area (Å²) in [5.41, 5.74) is 3.61. The van der Waals surface area contributed by atoms with Gasteiger partial charge in [0.1, 0.15) is 17.2 Å². The van der Waals surface area contributed by atoms with Crippen LogP contribution in [-0.2, 0) is 30.5 Å². The highest BCUT2D eigenvalue weighted by atomic mass is 19.1. The first-order valence-corrected chi connectivity index (χ1v) is 15.4. The van der Waals surface area contributed by atoms with Gasteiger partial charge in [0, 0.05) is 55.8 Å². The van der Waals surface area contributed by atoms with Gasteiger partial charge in [0.25, 0.3) is 17.4 Å². The zero-order valence-electron chi connectivity index (χ0n) is 25.5. The smallest absolute Gasteiger partial charge is 0.274 e. The van der Waals surface area contributed by atoms with Gasteiger partial charge in [-0.25, -0.2) is 9.37 Å². The Bertz CT molecular complexity index is 1900. The van der Waals surface area contributed by atoms with Gasteiger partial charge in [-0.3, -0.25) is 14.4 Å². The SMILES string of the molecule is Cn1cc(-c2cccc(N3CCc4cc(C5(F)CC5)ccc4C3=O)c2CO)cc(Nc2ccc(C(=O)N3CCOCC3)cn2)c1=O. The molecule has 2 aliphatic heterocycles. The van der Waals surface area contributed by atoms with E-state index in [1.807, 2.05) is 18.2 Å². The second-order valence-electron chi connectivity index (χ2n) is 12.0. The molecule has 0 bridgehead atoms. The number of pyridine rings is 2. The predicted molar refractivity (Wildman–Crippen MR) is 171 cm³/mol. The van der Waals surface area contributed by atoms with E-state index in [2.05, 4.69) is 10.3 Å². The first-order valence-electron chi connectivity index (χ1n) is 15.4. The van der Waals surface area contributed by atoms with E-state index in [-0.39, 0.29) is 29.7 Å². The van der Waals surface area contributed by atoms with Gasteiger partial charge in [-0.1, -0.05) is 24.3 Å². The Kier molecular flexibility index (Phi) is 7.66. The second kappa shape index (κ2) is 11.8. The number of alkyl halides is 1. The fraction of sp³-hybridized carbons (Fsp3) is 0.314. The molecule has 46 heavy (non-hydrogen) atoms. The first kappa shape index (κ1) is 29.8. The fourth-order valence-corrected chi connectivity index (χ4v) is 6.29. The molecule has 2 amide bonds. The van der Waals surface area contributed by atoms with Crippen LogP contribution in [0.1, 0.15) is 50.2 Å². The van der Waals surface area contributed by atoms with E-state index in [0.717, 1.165) is 5.56 Å². The molecule has 0 radical (unpaired) electrons. The fourth-order valence-electron chi connectivity index (χ4n) is 6.29. The topological polar surface area (TPSA) is 117 Å². The summed E-state index contributed by atoms with van der Waals surface area (Å²) in [4.78, 5) is 47.4. The van der Waals surface area contributed by atoms with Gasteiger partial charge in [-0.05, 0) is 66.3 Å². The van der Waals surface area contributed by atoms with Crippen molar-refractivity contribution in [2.24, 2.45) is 7.05 Å². The van der Waals surface area contributed by atoms with E-state index in [0.29, 0.717) is 97.0 Å². The lowest BCUT2D eigenvalue weighted by Crippen LogP contribution is -2.40. The van der Waals surface area contributed by atoms with E-state index in [9.17, 15) is 23.9 Å². The van der Waals surface area contributed by atoms with Crippen molar-refractivity contribution < 1.29 is 23.8 Å². The van der Waals surface area contributed by atoms with Gasteiger partial charge in [-0.15, -0.1) is 0 Å². The maximum Gasteiger partial charge on any atom is 0.274 e. The minimum absolute atomic E-state index is 0.122. The van der Waals surface area contributed by atoms with E-state index in [1.54, 1.807) is 59.4 Å². The number of hydrogen-bond donors (Lipinski definition) is 2. The number of morpholine rings is 1. The molecule has 10 nitrogen and oxygen atoms in total. The van der Waals surface area contributed by atoms with Crippen LogP contribution in [0.15, 0.2) is 71.8 Å². The summed E-state index contributed by atoms with van der Waals surface area (Å²) in [6, 6.07) is 15.7. The number of carbonyl (C=O) groups excluding carboxylic acids is 2. The van der Waals surface area contributed by atoms with Crippen LogP contribution in [-0.4, -0.2) is 64.2 Å². The standard InChI is InChI=1S/C35H34FN5O5/c1-39-20-24(18-29(34(39)45)38-31-8-5-23(19-37-31)32(43)40-13-15-46-16-14-40)26-3-2-4-30(28(26)21-42)41-12-9-22-17-25(35(36)10-11-35)6-7-27(22)33(41)44/h2-8,17-20,42H,9-16,21H2,1H3,(H,37,38). The van der Waals surface area contributed by atoms with Crippen LogP contribution in [0.5, 0.6) is 0 Å². The van der Waals surface area contributed by atoms with Crippen molar-refractivity contribution in [3.63, 3.8) is 0 Å². The van der Waals surface area contributed by atoms with Crippen molar-refractivity contribution in [3.05, 3.63) is 105 Å². The number of aliphatic hydroxyl groups is 1. The summed E-state index contributed by atoms with van der Waals surface area (Å²) >= 11 is 0. The normalized spacial score (nSPS) is 17.1. The van der Waals surface area contributed by atoms with Crippen molar-refractivity contribution in [1.29, 1.82) is 0 Å². The lowest BCUT2D eigenvalue weighted by molar-refractivity contribution is 0.0302. The molecule has 3 aliphatic rings. The highest BCUT2D eigenvalue weighted by Gasteiger charge is 2.45. The highest BCUT2D eigenvalue weighted by molar-refractivity contribution is 6.09. The summed E-state index contributed by atoms with van der Waals surface area (Å²) in [6.07, 6.45) is 4.76. The maximum atomic E-state index is 14.7. The summed E-state index contributed by atoms with van der Waals surface area (Å²) in [5.74, 6) is 0.0707. The first-order chi connectivity index (χ1) is 22.3. The van der Waals surface area contributed by atoms with Crippen LogP contribution in [0, 0.1) is 0 Å². The van der Waals surface area contributed by atoms with Gasteiger partial charge >= 0.3 is 0 Å². The molecular weight excluding hydrogens is 589 g/mol. The van der Waals surface area contributed by atoms with Crippen molar-refractivity contribution in [3.8, 4) is 11.1 Å². The Morgan fingerprint density at radius 2 is 1.85 bits per heavy atom. The Labute approximate surface area is 265 Å². The average Bonchev–Trinajstić information content (AvgIpc) is 3.85. The Hall–Kier alpha value is -4.87. The van der Waals surface area contributed by atoms with E-state index < -0.39 is 5.67 Å². The average molecular weight is 624 g/mol. The number of aromatic nitrogens is 2. The molecule has 4 heterocycles. The highest BCUT2D eigenvalue weighted by Crippen LogP contribution is 2.50. The number of carbonyl (C=O) groups is 2. The van der Waals surface area contributed by atoms with Crippen molar-refractivity contribution >= 4 is 29.0 Å². The van der Waals surface area contributed by atoms with Gasteiger partial charge in [0.15, 0.2) is 0 Å². The molecule has 2 aromatic carbocycles. The number of amides is 2. The maximum absolute atomic E-state index is 14.7. The minimum Gasteiger partial charge on any atom is -0.392 e. The van der Waals surface area contributed by atoms with Crippen LogP contribution < -0.4 is 15.8 Å². The van der Waals surface area contributed by atoms with E-state index in [1.165, 1.54) is 10.8 Å². The van der Waals surface area contributed by atoms with Crippen LogP contribution >= 0.6 is 0 Å². The van der Waals surface area contributed by atoms with Crippen molar-refractivity contribution in [2.45, 2.75) is 31.5 Å². The summed E-state index contributed by atoms with van der Waals surface area (Å²) in [6.45, 7) is 2.12. The molecule has 7 rings (SSSR count). The Morgan fingerprint density at radius 1 is 1.04 bits per heavy atom. The number of nitrogens with one attached hydrogen (secondary N) is 1. The second-order valence-corrected chi connectivity index (χ2v) is 12.0. The van der Waals surface area contributed by atoms with E-state index >= 15 is 0 Å². The third-order valence-electron chi connectivity index (χ3n) is 9.06. The molecule has 2 N–H and O–H groups in total. The quantitative estimate of drug-likeness (QED) is 0.315. The molecule has 0 atom stereocenters. The lowest BCUT2D eigenvalue weighted by atomic mass is 9.93. The number of aliphatic hydroxyl groups excluding tert-OH is 1. The molecule has 1 aliphatic carbocycles. The molecule has 4 aromatic rings. The van der Waals surface area contributed by atoms with Crippen LogP contribution in [0.3, 0.4) is 0 Å². The number of rotatable bonds is 7. The molecule has 0 spiro atoms. The number of ether oxygens (including phenoxy) is 1. The van der Waals surface area contributed by atoms with Gasteiger partial charge in [-0.2, -0.15) is 0 Å². The zero-order chi connectivity index (χ0) is 32.0. The molecular formula is C35H34FN5O5. The summed E-state index contributed by atoms with van der Waals surface area (Å²) in [5, 5.41) is 13.7. The van der Waals surface area contributed by atoms with Crippen LogP contribution in [0.4, 0.5) is 21.6 Å². The van der Waals surface area contributed by atoms with Crippen molar-refractivity contribution in [1.82, 2.24) is 14.5 Å². The molecule has 236 valence electrons. The lowest BCUT2D eigenvalue weighted by Gasteiger charge is -2.31. The van der Waals surface area contributed by atoms with E-state index in [4.69, 9.17) is 4.74 Å². The summed E-state index contributed by atoms with van der Waals surface area (Å²) in [7, 11) is 1.64. The number of aryl methyl sites for hydroxylation is 1.